The quantitative estimate of drug-likeness (QED) is 0.296. The van der Waals surface area contributed by atoms with E-state index >= 15 is 0 Å². The Kier molecular flexibility index (Phi) is 6.80. The fourth-order valence-electron chi connectivity index (χ4n) is 5.56. The lowest BCUT2D eigenvalue weighted by Crippen LogP contribution is -2.57. The Morgan fingerprint density at radius 1 is 1.02 bits per heavy atom. The molecular weight excluding hydrogens is 560 g/mol. The monoisotopic (exact) mass is 594 g/mol. The maximum Gasteiger partial charge on any atom is 0.256 e. The van der Waals surface area contributed by atoms with Gasteiger partial charge < -0.3 is 10.2 Å². The van der Waals surface area contributed by atoms with Crippen LogP contribution in [-0.4, -0.2) is 65.8 Å². The van der Waals surface area contributed by atoms with Crippen molar-refractivity contribution in [3.8, 4) is 11.3 Å². The van der Waals surface area contributed by atoms with Crippen LogP contribution in [0.3, 0.4) is 0 Å². The second kappa shape index (κ2) is 10.1. The van der Waals surface area contributed by atoms with E-state index in [1.54, 1.807) is 6.20 Å². The number of hydrogen-bond donors (Lipinski definition) is 1. The first-order chi connectivity index (χ1) is 19.4. The van der Waals surface area contributed by atoms with Crippen molar-refractivity contribution in [2.45, 2.75) is 50.8 Å². The molecular formula is C29H34N6O4S2. The first-order valence-electron chi connectivity index (χ1n) is 13.8. The van der Waals surface area contributed by atoms with Gasteiger partial charge in [-0.05, 0) is 60.9 Å². The lowest BCUT2D eigenvalue weighted by atomic mass is 9.88. The first-order valence-corrected chi connectivity index (χ1v) is 17.4. The summed E-state index contributed by atoms with van der Waals surface area (Å²) in [5.41, 5.74) is 4.25. The van der Waals surface area contributed by atoms with Gasteiger partial charge in [0, 0.05) is 59.5 Å². The SMILES string of the molecule is CC(C)c1ccc(N2C[C@H](CS(C)(=O)=O)[C@H]2C)c2cnc(Nc3ccnc(-c4cnn(S(=O)(=O)C5CC5)c4)c3)cc12. The Balaban J connectivity index is 1.28. The van der Waals surface area contributed by atoms with Gasteiger partial charge in [-0.2, -0.15) is 9.19 Å². The molecule has 2 atom stereocenters. The highest BCUT2D eigenvalue weighted by atomic mass is 32.2. The second-order valence-electron chi connectivity index (χ2n) is 11.6. The highest BCUT2D eigenvalue weighted by molar-refractivity contribution is 7.90. The van der Waals surface area contributed by atoms with Crippen LogP contribution in [0.1, 0.15) is 45.1 Å². The molecule has 41 heavy (non-hydrogen) atoms. The number of nitrogens with one attached hydrogen (secondary N) is 1. The molecule has 0 unspecified atom stereocenters. The fourth-order valence-corrected chi connectivity index (χ4v) is 8.20. The van der Waals surface area contributed by atoms with Crippen LogP contribution in [-0.2, 0) is 19.9 Å². The molecule has 0 spiro atoms. The van der Waals surface area contributed by atoms with Crippen molar-refractivity contribution < 1.29 is 16.8 Å². The summed E-state index contributed by atoms with van der Waals surface area (Å²) in [6.45, 7) is 7.10. The zero-order chi connectivity index (χ0) is 29.1. The Bertz CT molecular complexity index is 1850. The van der Waals surface area contributed by atoms with Gasteiger partial charge in [0.05, 0.1) is 29.1 Å². The van der Waals surface area contributed by atoms with E-state index in [4.69, 9.17) is 4.98 Å². The van der Waals surface area contributed by atoms with Crippen molar-refractivity contribution in [1.82, 2.24) is 19.2 Å². The standard InChI is InChI=1S/C29H34N6O4S2/c1-18(2)24-7-8-28(34-15-21(19(34)3)17-40(4,36)37)26-14-31-29(12-25(24)26)33-22-9-10-30-27(11-22)20-13-32-35(16-20)41(38,39)23-5-6-23/h7-14,16,18-19,21,23H,5-6,15,17H2,1-4H3,(H,30,31,33)/t19-,21-/m1/s1. The summed E-state index contributed by atoms with van der Waals surface area (Å²) in [5.74, 6) is 1.28. The number of fused-ring (bicyclic) bond motifs is 1. The predicted octanol–water partition coefficient (Wildman–Crippen LogP) is 4.57. The number of anilines is 3. The predicted molar refractivity (Wildman–Crippen MR) is 162 cm³/mol. The van der Waals surface area contributed by atoms with Crippen molar-refractivity contribution >= 4 is 47.8 Å². The summed E-state index contributed by atoms with van der Waals surface area (Å²) < 4.78 is 49.8. The molecule has 1 N–H and O–H groups in total. The number of rotatable bonds is 9. The van der Waals surface area contributed by atoms with Gasteiger partial charge in [-0.15, -0.1) is 0 Å². The summed E-state index contributed by atoms with van der Waals surface area (Å²) in [7, 11) is -6.47. The molecule has 0 bridgehead atoms. The van der Waals surface area contributed by atoms with Gasteiger partial charge >= 0.3 is 0 Å². The zero-order valence-electron chi connectivity index (χ0n) is 23.5. The lowest BCUT2D eigenvalue weighted by Gasteiger charge is -2.48. The van der Waals surface area contributed by atoms with Gasteiger partial charge in [0.2, 0.25) is 0 Å². The highest BCUT2D eigenvalue weighted by Gasteiger charge is 2.39. The van der Waals surface area contributed by atoms with Gasteiger partial charge in [-0.25, -0.2) is 21.8 Å². The minimum absolute atomic E-state index is 0.112. The van der Waals surface area contributed by atoms with Crippen molar-refractivity contribution in [2.24, 2.45) is 5.92 Å². The van der Waals surface area contributed by atoms with Crippen LogP contribution in [0.4, 0.5) is 17.2 Å². The molecule has 0 amide bonds. The maximum absolute atomic E-state index is 12.5. The van der Waals surface area contributed by atoms with E-state index in [9.17, 15) is 16.8 Å². The second-order valence-corrected chi connectivity index (χ2v) is 15.8. The average molecular weight is 595 g/mol. The van der Waals surface area contributed by atoms with E-state index in [-0.39, 0.29) is 23.0 Å². The average Bonchev–Trinajstić information content (AvgIpc) is 3.66. The molecule has 1 aliphatic carbocycles. The number of benzene rings is 1. The maximum atomic E-state index is 12.5. The van der Waals surface area contributed by atoms with Gasteiger partial charge in [0.1, 0.15) is 15.7 Å². The topological polar surface area (TPSA) is 127 Å². The number of aromatic nitrogens is 4. The van der Waals surface area contributed by atoms with Crippen LogP contribution >= 0.6 is 0 Å². The van der Waals surface area contributed by atoms with E-state index in [1.807, 2.05) is 24.4 Å². The van der Waals surface area contributed by atoms with Gasteiger partial charge in [-0.3, -0.25) is 4.98 Å². The van der Waals surface area contributed by atoms with Crippen LogP contribution in [0.5, 0.6) is 0 Å². The summed E-state index contributed by atoms with van der Waals surface area (Å²) in [5, 5.41) is 9.24. The van der Waals surface area contributed by atoms with E-state index < -0.39 is 19.9 Å². The third-order valence-corrected chi connectivity index (χ3v) is 11.1. The molecule has 1 saturated carbocycles. The minimum atomic E-state index is -3.44. The summed E-state index contributed by atoms with van der Waals surface area (Å²) in [6, 6.07) is 10.1. The Morgan fingerprint density at radius 3 is 2.49 bits per heavy atom. The first kappa shape index (κ1) is 27.6. The van der Waals surface area contributed by atoms with Crippen molar-refractivity contribution in [3.63, 3.8) is 0 Å². The van der Waals surface area contributed by atoms with Crippen LogP contribution < -0.4 is 10.2 Å². The molecule has 1 aromatic carbocycles. The van der Waals surface area contributed by atoms with E-state index in [2.05, 4.69) is 53.2 Å². The fraction of sp³-hybridized carbons (Fsp3) is 0.414. The largest absolute Gasteiger partial charge is 0.368 e. The van der Waals surface area contributed by atoms with Crippen molar-refractivity contribution in [2.75, 3.05) is 28.8 Å². The molecule has 2 fully saturated rings. The number of pyridine rings is 2. The summed E-state index contributed by atoms with van der Waals surface area (Å²) in [6.07, 6.45) is 9.23. The van der Waals surface area contributed by atoms with E-state index in [1.165, 1.54) is 24.2 Å². The molecule has 0 radical (unpaired) electrons. The molecule has 1 saturated heterocycles. The van der Waals surface area contributed by atoms with Gasteiger partial charge in [0.15, 0.2) is 0 Å². The zero-order valence-corrected chi connectivity index (χ0v) is 25.2. The van der Waals surface area contributed by atoms with E-state index in [0.717, 1.165) is 26.2 Å². The molecule has 4 aromatic rings. The smallest absolute Gasteiger partial charge is 0.256 e. The minimum Gasteiger partial charge on any atom is -0.368 e. The van der Waals surface area contributed by atoms with Crippen LogP contribution in [0.15, 0.2) is 55.1 Å². The number of hydrogen-bond acceptors (Lipinski definition) is 9. The lowest BCUT2D eigenvalue weighted by molar-refractivity contribution is 0.342. The normalized spacial score (nSPS) is 19.5. The van der Waals surface area contributed by atoms with Gasteiger partial charge in [0.25, 0.3) is 10.0 Å². The molecule has 2 aliphatic rings. The highest BCUT2D eigenvalue weighted by Crippen LogP contribution is 2.40. The van der Waals surface area contributed by atoms with Crippen molar-refractivity contribution in [3.05, 3.63) is 60.7 Å². The Hall–Kier alpha value is -3.51. The number of nitrogens with zero attached hydrogens (tertiary/aromatic N) is 5. The molecule has 12 heteroatoms. The van der Waals surface area contributed by atoms with Crippen LogP contribution in [0, 0.1) is 5.92 Å². The van der Waals surface area contributed by atoms with Crippen LogP contribution in [0.25, 0.3) is 22.0 Å². The molecule has 3 aromatic heterocycles. The van der Waals surface area contributed by atoms with E-state index in [0.29, 0.717) is 42.4 Å². The molecule has 10 nitrogen and oxygen atoms in total. The molecule has 4 heterocycles. The van der Waals surface area contributed by atoms with Gasteiger partial charge in [-0.1, -0.05) is 19.9 Å². The summed E-state index contributed by atoms with van der Waals surface area (Å²) in [4.78, 5) is 11.4. The molecule has 6 rings (SSSR count). The Morgan fingerprint density at radius 2 is 1.80 bits per heavy atom. The number of sulfone groups is 1. The Labute approximate surface area is 240 Å². The molecule has 1 aliphatic heterocycles. The third kappa shape index (κ3) is 5.42. The van der Waals surface area contributed by atoms with Crippen LogP contribution in [0.2, 0.25) is 0 Å². The van der Waals surface area contributed by atoms with Crippen molar-refractivity contribution in [1.29, 1.82) is 0 Å². The molecule has 216 valence electrons. The summed E-state index contributed by atoms with van der Waals surface area (Å²) >= 11 is 0. The third-order valence-electron chi connectivity index (χ3n) is 8.06.